The fraction of sp³-hybridized carbons (Fsp3) is 0.727. The van der Waals surface area contributed by atoms with Crippen LogP contribution in [0.2, 0.25) is 0 Å². The Balaban J connectivity index is 1.51. The molecule has 0 heterocycles. The second-order valence-corrected chi connectivity index (χ2v) is 8.41. The number of rotatable bonds is 6. The smallest absolute Gasteiger partial charge is 0.253 e. The number of hydrogen-bond acceptors (Lipinski definition) is 1. The van der Waals surface area contributed by atoms with Gasteiger partial charge in [0.2, 0.25) is 0 Å². The molecule has 0 spiro atoms. The third kappa shape index (κ3) is 5.04. The van der Waals surface area contributed by atoms with Gasteiger partial charge in [0.15, 0.2) is 0 Å². The van der Waals surface area contributed by atoms with Gasteiger partial charge in [-0.2, -0.15) is 0 Å². The van der Waals surface area contributed by atoms with Crippen molar-refractivity contribution >= 4 is 0 Å². The molecule has 1 nitrogen and oxygen atoms in total. The summed E-state index contributed by atoms with van der Waals surface area (Å²) in [4.78, 5) is 0. The predicted molar refractivity (Wildman–Crippen MR) is 97.9 cm³/mol. The highest BCUT2D eigenvalue weighted by molar-refractivity contribution is 5.13. The lowest BCUT2D eigenvalue weighted by molar-refractivity contribution is -0.152. The Hall–Kier alpha value is -1.10. The lowest BCUT2D eigenvalue weighted by Gasteiger charge is -2.43. The molecule has 27 heavy (non-hydrogen) atoms. The molecule has 1 aromatic rings. The molecule has 4 atom stereocenters. The highest BCUT2D eigenvalue weighted by atomic mass is 19.3. The largest absolute Gasteiger partial charge is 0.376 e. The molecule has 2 saturated carbocycles. The molecule has 0 aromatic heterocycles. The van der Waals surface area contributed by atoms with Gasteiger partial charge in [-0.25, -0.2) is 17.6 Å². The molecule has 0 aliphatic heterocycles. The number of alkyl halides is 4. The summed E-state index contributed by atoms with van der Waals surface area (Å²) >= 11 is 0. The fourth-order valence-electron chi connectivity index (χ4n) is 4.90. The maximum Gasteiger partial charge on any atom is 0.253 e. The van der Waals surface area contributed by atoms with Crippen LogP contribution in [0.3, 0.4) is 0 Å². The molecular formula is C22H30F4O. The van der Waals surface area contributed by atoms with Gasteiger partial charge < -0.3 is 4.74 Å². The van der Waals surface area contributed by atoms with Crippen molar-refractivity contribution in [1.29, 1.82) is 0 Å². The summed E-state index contributed by atoms with van der Waals surface area (Å²) in [6, 6.07) is 9.49. The predicted octanol–water partition coefficient (Wildman–Crippen LogP) is 6.72. The average molecular weight is 386 g/mol. The van der Waals surface area contributed by atoms with E-state index in [1.807, 2.05) is 30.3 Å². The lowest BCUT2D eigenvalue weighted by atomic mass is 9.66. The van der Waals surface area contributed by atoms with E-state index in [9.17, 15) is 17.6 Å². The van der Waals surface area contributed by atoms with Gasteiger partial charge in [0, 0.05) is 24.7 Å². The quantitative estimate of drug-likeness (QED) is 0.493. The van der Waals surface area contributed by atoms with Crippen molar-refractivity contribution in [2.24, 2.45) is 23.7 Å². The normalized spacial score (nSPS) is 32.9. The highest BCUT2D eigenvalue weighted by Gasteiger charge is 2.51. The van der Waals surface area contributed by atoms with Gasteiger partial charge in [-0.05, 0) is 49.5 Å². The first kappa shape index (κ1) is 20.6. The van der Waals surface area contributed by atoms with Crippen molar-refractivity contribution in [3.8, 4) is 0 Å². The van der Waals surface area contributed by atoms with Crippen molar-refractivity contribution in [2.75, 3.05) is 6.61 Å². The first-order valence-corrected chi connectivity index (χ1v) is 10.2. The first-order chi connectivity index (χ1) is 12.8. The number of hydrogen-bond donors (Lipinski definition) is 0. The second-order valence-electron chi connectivity index (χ2n) is 8.41. The second kappa shape index (κ2) is 8.50. The standard InChI is InChI=1S/C22H30F4O/c1-2-19-10-8-17(12-21(19,23)24)18-9-11-20(22(25,26)13-18)15-27-14-16-6-4-3-5-7-16/h3-7,17-20H,2,8-15H2,1H3/t17-,18+,19-,20-/m0/s1. The van der Waals surface area contributed by atoms with E-state index in [1.54, 1.807) is 6.92 Å². The third-order valence-electron chi connectivity index (χ3n) is 6.63. The summed E-state index contributed by atoms with van der Waals surface area (Å²) in [6.45, 7) is 2.13. The zero-order chi connectivity index (χ0) is 19.5. The molecular weight excluding hydrogens is 356 g/mol. The monoisotopic (exact) mass is 386 g/mol. The molecule has 2 aliphatic carbocycles. The van der Waals surface area contributed by atoms with Crippen LogP contribution in [0, 0.1) is 23.7 Å². The Morgan fingerprint density at radius 3 is 1.93 bits per heavy atom. The van der Waals surface area contributed by atoms with Crippen molar-refractivity contribution in [1.82, 2.24) is 0 Å². The molecule has 0 amide bonds. The van der Waals surface area contributed by atoms with Crippen LogP contribution in [-0.2, 0) is 11.3 Å². The first-order valence-electron chi connectivity index (χ1n) is 10.2. The molecule has 152 valence electrons. The Morgan fingerprint density at radius 1 is 0.852 bits per heavy atom. The van der Waals surface area contributed by atoms with E-state index < -0.39 is 23.7 Å². The van der Waals surface area contributed by atoms with Crippen LogP contribution in [0.25, 0.3) is 0 Å². The van der Waals surface area contributed by atoms with Crippen LogP contribution >= 0.6 is 0 Å². The Morgan fingerprint density at radius 2 is 1.41 bits per heavy atom. The summed E-state index contributed by atoms with van der Waals surface area (Å²) in [5, 5.41) is 0. The van der Waals surface area contributed by atoms with E-state index in [1.165, 1.54) is 0 Å². The van der Waals surface area contributed by atoms with Crippen LogP contribution in [0.1, 0.15) is 57.4 Å². The summed E-state index contributed by atoms with van der Waals surface area (Å²) in [6.07, 6.45) is 2.04. The Bertz CT molecular complexity index is 589. The molecule has 0 radical (unpaired) electrons. The minimum atomic E-state index is -2.84. The van der Waals surface area contributed by atoms with Crippen LogP contribution in [0.4, 0.5) is 17.6 Å². The van der Waals surface area contributed by atoms with Gasteiger partial charge in [0.05, 0.1) is 13.2 Å². The molecule has 0 saturated heterocycles. The van der Waals surface area contributed by atoms with Gasteiger partial charge in [0.1, 0.15) is 0 Å². The topological polar surface area (TPSA) is 9.23 Å². The summed E-state index contributed by atoms with van der Waals surface area (Å²) < 4.78 is 63.4. The highest BCUT2D eigenvalue weighted by Crippen LogP contribution is 2.51. The number of benzene rings is 1. The minimum absolute atomic E-state index is 0.0212. The average Bonchev–Trinajstić information content (AvgIpc) is 2.62. The van der Waals surface area contributed by atoms with Crippen LogP contribution < -0.4 is 0 Å². The van der Waals surface area contributed by atoms with Crippen LogP contribution in [-0.4, -0.2) is 18.5 Å². The number of halogens is 4. The molecule has 0 unspecified atom stereocenters. The number of ether oxygens (including phenoxy) is 1. The maximum atomic E-state index is 14.7. The fourth-order valence-corrected chi connectivity index (χ4v) is 4.90. The van der Waals surface area contributed by atoms with Crippen molar-refractivity contribution in [2.45, 2.75) is 70.3 Å². The van der Waals surface area contributed by atoms with E-state index in [2.05, 4.69) is 0 Å². The van der Waals surface area contributed by atoms with Gasteiger partial charge >= 0.3 is 0 Å². The van der Waals surface area contributed by atoms with Gasteiger partial charge in [-0.15, -0.1) is 0 Å². The van der Waals surface area contributed by atoms with Crippen molar-refractivity contribution < 1.29 is 22.3 Å². The molecule has 0 bridgehead atoms. The van der Waals surface area contributed by atoms with Crippen LogP contribution in [0.5, 0.6) is 0 Å². The van der Waals surface area contributed by atoms with Crippen molar-refractivity contribution in [3.63, 3.8) is 0 Å². The molecule has 3 rings (SSSR count). The lowest BCUT2D eigenvalue weighted by Crippen LogP contribution is -2.44. The Kier molecular flexibility index (Phi) is 6.50. The van der Waals surface area contributed by atoms with E-state index in [0.29, 0.717) is 38.7 Å². The zero-order valence-corrected chi connectivity index (χ0v) is 16.0. The molecule has 2 aliphatic rings. The minimum Gasteiger partial charge on any atom is -0.376 e. The van der Waals surface area contributed by atoms with E-state index in [0.717, 1.165) is 5.56 Å². The van der Waals surface area contributed by atoms with E-state index in [4.69, 9.17) is 4.74 Å². The molecule has 0 N–H and O–H groups in total. The van der Waals surface area contributed by atoms with Crippen molar-refractivity contribution in [3.05, 3.63) is 35.9 Å². The molecule has 1 aromatic carbocycles. The van der Waals surface area contributed by atoms with E-state index >= 15 is 0 Å². The van der Waals surface area contributed by atoms with Gasteiger partial charge in [0.25, 0.3) is 11.8 Å². The van der Waals surface area contributed by atoms with Gasteiger partial charge in [-0.1, -0.05) is 37.3 Å². The third-order valence-corrected chi connectivity index (χ3v) is 6.63. The summed E-state index contributed by atoms with van der Waals surface area (Å²) in [7, 11) is 0. The molecule has 5 heteroatoms. The van der Waals surface area contributed by atoms with E-state index in [-0.39, 0.29) is 31.3 Å². The zero-order valence-electron chi connectivity index (χ0n) is 16.0. The van der Waals surface area contributed by atoms with Gasteiger partial charge in [-0.3, -0.25) is 0 Å². The molecule has 2 fully saturated rings. The summed E-state index contributed by atoms with van der Waals surface area (Å²) in [5.74, 6) is -7.52. The SMILES string of the molecule is CC[C@H]1CC[C@H]([C@@H]2CC[C@@H](COCc3ccccc3)C(F)(F)C2)CC1(F)F. The Labute approximate surface area is 159 Å². The summed E-state index contributed by atoms with van der Waals surface area (Å²) in [5.41, 5.74) is 0.962. The maximum absolute atomic E-state index is 14.7. The van der Waals surface area contributed by atoms with Crippen LogP contribution in [0.15, 0.2) is 30.3 Å².